The molecular formula is C15H20N2S. The van der Waals surface area contributed by atoms with Crippen LogP contribution >= 0.6 is 12.2 Å². The van der Waals surface area contributed by atoms with Crippen LogP contribution in [-0.4, -0.2) is 10.7 Å². The summed E-state index contributed by atoms with van der Waals surface area (Å²) in [6.07, 6.45) is 7.28. The molecule has 1 aromatic rings. The highest BCUT2D eigenvalue weighted by Gasteiger charge is 2.23. The van der Waals surface area contributed by atoms with Gasteiger partial charge < -0.3 is 10.6 Å². The lowest BCUT2D eigenvalue weighted by Gasteiger charge is -2.28. The summed E-state index contributed by atoms with van der Waals surface area (Å²) < 4.78 is 0. The van der Waals surface area contributed by atoms with Gasteiger partial charge in [-0.15, -0.1) is 6.42 Å². The van der Waals surface area contributed by atoms with E-state index in [9.17, 15) is 0 Å². The maximum atomic E-state index is 5.59. The van der Waals surface area contributed by atoms with Crippen molar-refractivity contribution in [1.82, 2.24) is 5.32 Å². The molecule has 2 N–H and O–H groups in total. The molecule has 0 aliphatic carbocycles. The van der Waals surface area contributed by atoms with Gasteiger partial charge in [0.05, 0.1) is 5.54 Å². The molecule has 0 atom stereocenters. The van der Waals surface area contributed by atoms with Crippen molar-refractivity contribution in [1.29, 1.82) is 0 Å². The van der Waals surface area contributed by atoms with Crippen LogP contribution in [0.4, 0.5) is 5.69 Å². The molecule has 0 bridgehead atoms. The number of rotatable bonds is 4. The second-order valence-corrected chi connectivity index (χ2v) is 4.79. The topological polar surface area (TPSA) is 24.1 Å². The zero-order valence-electron chi connectivity index (χ0n) is 11.2. The molecule has 0 saturated heterocycles. The molecule has 18 heavy (non-hydrogen) atoms. The van der Waals surface area contributed by atoms with E-state index in [4.69, 9.17) is 18.6 Å². The second-order valence-electron chi connectivity index (χ2n) is 4.38. The number of benzene rings is 1. The van der Waals surface area contributed by atoms with Gasteiger partial charge in [0, 0.05) is 5.69 Å². The summed E-state index contributed by atoms with van der Waals surface area (Å²) in [5.74, 6) is 2.80. The molecular weight excluding hydrogens is 240 g/mol. The van der Waals surface area contributed by atoms with Gasteiger partial charge in [-0.25, -0.2) is 0 Å². The van der Waals surface area contributed by atoms with Gasteiger partial charge in [0.25, 0.3) is 0 Å². The number of hydrogen-bond donors (Lipinski definition) is 2. The predicted molar refractivity (Wildman–Crippen MR) is 82.7 cm³/mol. The van der Waals surface area contributed by atoms with Crippen molar-refractivity contribution in [2.24, 2.45) is 0 Å². The lowest BCUT2D eigenvalue weighted by Crippen LogP contribution is -2.48. The van der Waals surface area contributed by atoms with Gasteiger partial charge in [0.15, 0.2) is 5.11 Å². The van der Waals surface area contributed by atoms with Crippen molar-refractivity contribution in [3.8, 4) is 12.3 Å². The molecule has 0 saturated carbocycles. The fourth-order valence-electron chi connectivity index (χ4n) is 1.68. The first-order chi connectivity index (χ1) is 8.55. The van der Waals surface area contributed by atoms with E-state index >= 15 is 0 Å². The van der Waals surface area contributed by atoms with Crippen LogP contribution in [0.3, 0.4) is 0 Å². The summed E-state index contributed by atoms with van der Waals surface area (Å²) in [7, 11) is 0. The predicted octanol–water partition coefficient (Wildman–Crippen LogP) is 3.47. The third-order valence-electron chi connectivity index (χ3n) is 3.15. The van der Waals surface area contributed by atoms with Gasteiger partial charge in [0.2, 0.25) is 0 Å². The molecule has 2 nitrogen and oxygen atoms in total. The first-order valence-electron chi connectivity index (χ1n) is 6.19. The van der Waals surface area contributed by atoms with Gasteiger partial charge in [-0.3, -0.25) is 0 Å². The fourth-order valence-corrected chi connectivity index (χ4v) is 2.00. The van der Waals surface area contributed by atoms with Crippen LogP contribution in [0.15, 0.2) is 24.3 Å². The SMILES string of the molecule is C#CC(CC)(CC)NC(=S)Nc1ccc(C)cc1. The first kappa shape index (κ1) is 14.5. The van der Waals surface area contributed by atoms with Gasteiger partial charge in [-0.2, -0.15) is 0 Å². The molecule has 1 rings (SSSR count). The largest absolute Gasteiger partial charge is 0.346 e. The van der Waals surface area contributed by atoms with Crippen LogP contribution in [0.1, 0.15) is 32.3 Å². The van der Waals surface area contributed by atoms with Gasteiger partial charge in [-0.05, 0) is 44.1 Å². The molecule has 0 aromatic heterocycles. The Morgan fingerprint density at radius 2 is 1.83 bits per heavy atom. The van der Waals surface area contributed by atoms with Crippen molar-refractivity contribution in [3.05, 3.63) is 29.8 Å². The van der Waals surface area contributed by atoms with E-state index in [0.717, 1.165) is 18.5 Å². The average molecular weight is 260 g/mol. The summed E-state index contributed by atoms with van der Waals surface area (Å²) >= 11 is 5.30. The highest BCUT2D eigenvalue weighted by Crippen LogP contribution is 2.14. The molecule has 0 fully saturated rings. The van der Waals surface area contributed by atoms with Crippen LogP contribution in [-0.2, 0) is 0 Å². The Balaban J connectivity index is 2.67. The number of aryl methyl sites for hydroxylation is 1. The van der Waals surface area contributed by atoms with E-state index in [-0.39, 0.29) is 5.54 Å². The molecule has 0 aliphatic heterocycles. The molecule has 0 unspecified atom stereocenters. The molecule has 0 heterocycles. The standard InChI is InChI=1S/C15H20N2S/c1-5-15(6-2,7-3)17-14(18)16-13-10-8-12(4)9-11-13/h1,8-11H,6-7H2,2-4H3,(H2,16,17,18). The first-order valence-corrected chi connectivity index (χ1v) is 6.59. The zero-order valence-corrected chi connectivity index (χ0v) is 12.0. The summed E-state index contributed by atoms with van der Waals surface area (Å²) in [6.45, 7) is 6.17. The summed E-state index contributed by atoms with van der Waals surface area (Å²) in [5, 5.41) is 6.95. The third-order valence-corrected chi connectivity index (χ3v) is 3.35. The number of nitrogens with one attached hydrogen (secondary N) is 2. The van der Waals surface area contributed by atoms with Crippen LogP contribution in [0, 0.1) is 19.3 Å². The monoisotopic (exact) mass is 260 g/mol. The molecule has 1 aromatic carbocycles. The summed E-state index contributed by atoms with van der Waals surface area (Å²) in [4.78, 5) is 0. The maximum absolute atomic E-state index is 5.59. The van der Waals surface area contributed by atoms with Crippen LogP contribution < -0.4 is 10.6 Å². The highest BCUT2D eigenvalue weighted by molar-refractivity contribution is 7.80. The van der Waals surface area contributed by atoms with Crippen molar-refractivity contribution in [2.75, 3.05) is 5.32 Å². The number of hydrogen-bond acceptors (Lipinski definition) is 1. The Morgan fingerprint density at radius 3 is 2.28 bits per heavy atom. The Hall–Kier alpha value is -1.53. The second kappa shape index (κ2) is 6.42. The fraction of sp³-hybridized carbons (Fsp3) is 0.400. The van der Waals surface area contributed by atoms with E-state index in [1.165, 1.54) is 5.56 Å². The molecule has 3 heteroatoms. The zero-order chi connectivity index (χ0) is 13.6. The Morgan fingerprint density at radius 1 is 1.28 bits per heavy atom. The minimum absolute atomic E-state index is 0.352. The van der Waals surface area contributed by atoms with Gasteiger partial charge in [0.1, 0.15) is 0 Å². The maximum Gasteiger partial charge on any atom is 0.171 e. The van der Waals surface area contributed by atoms with E-state index in [1.807, 2.05) is 24.3 Å². The smallest absolute Gasteiger partial charge is 0.171 e. The molecule has 96 valence electrons. The van der Waals surface area contributed by atoms with Crippen LogP contribution in [0.25, 0.3) is 0 Å². The van der Waals surface area contributed by atoms with E-state index < -0.39 is 0 Å². The van der Waals surface area contributed by atoms with Gasteiger partial charge in [-0.1, -0.05) is 37.5 Å². The van der Waals surface area contributed by atoms with Crippen molar-refractivity contribution >= 4 is 23.0 Å². The van der Waals surface area contributed by atoms with Crippen LogP contribution in [0.5, 0.6) is 0 Å². The van der Waals surface area contributed by atoms with E-state index in [0.29, 0.717) is 5.11 Å². The van der Waals surface area contributed by atoms with E-state index in [1.54, 1.807) is 0 Å². The Labute approximate surface area is 115 Å². The number of anilines is 1. The summed E-state index contributed by atoms with van der Waals surface area (Å²) in [5.41, 5.74) is 1.84. The summed E-state index contributed by atoms with van der Waals surface area (Å²) in [6, 6.07) is 8.08. The van der Waals surface area contributed by atoms with Crippen LogP contribution in [0.2, 0.25) is 0 Å². The Bertz CT molecular complexity index is 439. The lowest BCUT2D eigenvalue weighted by molar-refractivity contribution is 0.461. The number of thiocarbonyl (C=S) groups is 1. The van der Waals surface area contributed by atoms with Crippen molar-refractivity contribution < 1.29 is 0 Å². The normalized spacial score (nSPS) is 10.6. The minimum Gasteiger partial charge on any atom is -0.346 e. The van der Waals surface area contributed by atoms with E-state index in [2.05, 4.69) is 37.3 Å². The minimum atomic E-state index is -0.352. The van der Waals surface area contributed by atoms with Crippen molar-refractivity contribution in [3.63, 3.8) is 0 Å². The molecule has 0 aliphatic rings. The lowest BCUT2D eigenvalue weighted by atomic mass is 9.94. The average Bonchev–Trinajstić information content (AvgIpc) is 2.39. The molecule has 0 radical (unpaired) electrons. The highest BCUT2D eigenvalue weighted by atomic mass is 32.1. The third kappa shape index (κ3) is 3.75. The molecule has 0 amide bonds. The number of terminal acetylenes is 1. The Kier molecular flexibility index (Phi) is 5.18. The van der Waals surface area contributed by atoms with Crippen molar-refractivity contribution in [2.45, 2.75) is 39.2 Å². The van der Waals surface area contributed by atoms with Gasteiger partial charge >= 0.3 is 0 Å². The molecule has 0 spiro atoms. The quantitative estimate of drug-likeness (QED) is 0.640.